The predicted octanol–water partition coefficient (Wildman–Crippen LogP) is 3.04. The highest BCUT2D eigenvalue weighted by Gasteiger charge is 2.17. The van der Waals surface area contributed by atoms with Gasteiger partial charge in [-0.25, -0.2) is 4.98 Å². The topological polar surface area (TPSA) is 95.7 Å². The van der Waals surface area contributed by atoms with Crippen molar-refractivity contribution in [3.05, 3.63) is 51.3 Å². The van der Waals surface area contributed by atoms with Crippen LogP contribution < -0.4 is 10.9 Å². The number of carbonyl (C=O) groups excluding carboxylic acids is 2. The molecule has 0 saturated heterocycles. The number of hydrogen-bond acceptors (Lipinski definition) is 6. The molecule has 25 heavy (non-hydrogen) atoms. The molecule has 2 amide bonds. The second-order valence-electron chi connectivity index (χ2n) is 5.04. The molecule has 0 radical (unpaired) electrons. The maximum absolute atomic E-state index is 12.2. The minimum atomic E-state index is -0.670. The molecule has 4 aromatic rings. The first-order chi connectivity index (χ1) is 12.0. The quantitative estimate of drug-likeness (QED) is 0.457. The van der Waals surface area contributed by atoms with Crippen molar-refractivity contribution in [2.75, 3.05) is 0 Å². The number of phenolic OH excluding ortho intramolecular Hbond substituents is 1. The van der Waals surface area contributed by atoms with E-state index >= 15 is 0 Å². The lowest BCUT2D eigenvalue weighted by atomic mass is 10.2. The van der Waals surface area contributed by atoms with Crippen LogP contribution in [-0.2, 0) is 0 Å². The number of imidazole rings is 1. The van der Waals surface area contributed by atoms with Crippen molar-refractivity contribution in [2.45, 2.75) is 0 Å². The largest absolute Gasteiger partial charge is 0.507 e. The van der Waals surface area contributed by atoms with Gasteiger partial charge in [-0.05, 0) is 24.3 Å². The molecular formula is C15H9ClN4O3S2. The minimum absolute atomic E-state index is 0.0325. The van der Waals surface area contributed by atoms with Crippen molar-refractivity contribution in [3.63, 3.8) is 0 Å². The molecule has 3 aromatic heterocycles. The minimum Gasteiger partial charge on any atom is -0.507 e. The van der Waals surface area contributed by atoms with E-state index in [1.165, 1.54) is 40.9 Å². The predicted molar refractivity (Wildman–Crippen MR) is 96.5 cm³/mol. The molecule has 1 aromatic carbocycles. The van der Waals surface area contributed by atoms with E-state index < -0.39 is 11.8 Å². The van der Waals surface area contributed by atoms with Gasteiger partial charge in [-0.15, -0.1) is 22.7 Å². The number of phenols is 1. The van der Waals surface area contributed by atoms with E-state index in [1.54, 1.807) is 6.07 Å². The molecule has 3 heterocycles. The first-order valence-corrected chi connectivity index (χ1v) is 9.04. The Balaban J connectivity index is 1.50. The Hall–Kier alpha value is -2.62. The van der Waals surface area contributed by atoms with Gasteiger partial charge >= 0.3 is 0 Å². The van der Waals surface area contributed by atoms with Crippen LogP contribution in [0.25, 0.3) is 15.3 Å². The molecular weight excluding hydrogens is 384 g/mol. The van der Waals surface area contributed by atoms with Crippen LogP contribution in [-0.4, -0.2) is 26.3 Å². The standard InChI is InChI=1S/C15H9ClN4O3S2/c16-7-1-2-10(21)8(5-7)12(22)18-19-13(23)11-6-9-14(25-11)17-15-20(9)3-4-24-15/h1-6,21H,(H,18,22)(H,19,23). The number of nitrogens with zero attached hydrogens (tertiary/aromatic N) is 2. The van der Waals surface area contributed by atoms with E-state index in [2.05, 4.69) is 15.8 Å². The van der Waals surface area contributed by atoms with Gasteiger partial charge in [0.2, 0.25) is 0 Å². The summed E-state index contributed by atoms with van der Waals surface area (Å²) in [6.07, 6.45) is 1.88. The van der Waals surface area contributed by atoms with Gasteiger partial charge in [0.05, 0.1) is 16.0 Å². The Labute approximate surface area is 153 Å². The fourth-order valence-electron chi connectivity index (χ4n) is 2.29. The molecule has 4 rings (SSSR count). The summed E-state index contributed by atoms with van der Waals surface area (Å²) in [5.74, 6) is -1.37. The number of carbonyl (C=O) groups is 2. The number of rotatable bonds is 2. The third-order valence-corrected chi connectivity index (χ3v) is 5.46. The fraction of sp³-hybridized carbons (Fsp3) is 0. The van der Waals surface area contributed by atoms with E-state index in [0.29, 0.717) is 9.90 Å². The number of amides is 2. The molecule has 0 fully saturated rings. The smallest absolute Gasteiger partial charge is 0.279 e. The third-order valence-electron chi connectivity index (χ3n) is 3.46. The molecule has 0 spiro atoms. The highest BCUT2D eigenvalue weighted by Crippen LogP contribution is 2.28. The number of aromatic nitrogens is 2. The van der Waals surface area contributed by atoms with Crippen molar-refractivity contribution in [2.24, 2.45) is 0 Å². The number of halogens is 1. The number of hydrogen-bond donors (Lipinski definition) is 3. The number of nitrogens with one attached hydrogen (secondary N) is 2. The molecule has 0 aliphatic heterocycles. The van der Waals surface area contributed by atoms with Crippen molar-refractivity contribution in [1.82, 2.24) is 20.2 Å². The molecule has 0 bridgehead atoms. The Morgan fingerprint density at radius 3 is 2.84 bits per heavy atom. The monoisotopic (exact) mass is 392 g/mol. The van der Waals surface area contributed by atoms with Gasteiger partial charge in [0, 0.05) is 16.6 Å². The summed E-state index contributed by atoms with van der Waals surface area (Å²) in [5.41, 5.74) is 5.38. The molecule has 0 aliphatic carbocycles. The summed E-state index contributed by atoms with van der Waals surface area (Å²) in [6, 6.07) is 5.79. The summed E-state index contributed by atoms with van der Waals surface area (Å²) in [4.78, 5) is 30.7. The zero-order valence-corrected chi connectivity index (χ0v) is 14.7. The second-order valence-corrected chi connectivity index (χ2v) is 7.38. The SMILES string of the molecule is O=C(NNC(=O)c1cc(Cl)ccc1O)c1cc2c(nc3sccn32)s1. The Morgan fingerprint density at radius 1 is 1.20 bits per heavy atom. The molecule has 0 atom stereocenters. The lowest BCUT2D eigenvalue weighted by Gasteiger charge is -2.07. The van der Waals surface area contributed by atoms with Crippen LogP contribution in [0.1, 0.15) is 20.0 Å². The maximum atomic E-state index is 12.2. The van der Waals surface area contributed by atoms with Crippen LogP contribution in [0.15, 0.2) is 35.8 Å². The van der Waals surface area contributed by atoms with Crippen LogP contribution in [0.2, 0.25) is 5.02 Å². The summed E-state index contributed by atoms with van der Waals surface area (Å²) >= 11 is 8.55. The van der Waals surface area contributed by atoms with E-state index in [9.17, 15) is 14.7 Å². The van der Waals surface area contributed by atoms with Crippen molar-refractivity contribution >= 4 is 61.4 Å². The zero-order chi connectivity index (χ0) is 17.6. The number of thiazole rings is 1. The number of thiophene rings is 1. The molecule has 0 saturated carbocycles. The lowest BCUT2D eigenvalue weighted by molar-refractivity contribution is 0.0847. The highest BCUT2D eigenvalue weighted by atomic mass is 35.5. The van der Waals surface area contributed by atoms with Crippen LogP contribution in [0.4, 0.5) is 0 Å². The lowest BCUT2D eigenvalue weighted by Crippen LogP contribution is -2.41. The Kier molecular flexibility index (Phi) is 3.83. The van der Waals surface area contributed by atoms with E-state index in [1.807, 2.05) is 16.0 Å². The number of aromatic hydroxyl groups is 1. The Morgan fingerprint density at radius 2 is 2.00 bits per heavy atom. The summed E-state index contributed by atoms with van der Waals surface area (Å²) in [7, 11) is 0. The maximum Gasteiger partial charge on any atom is 0.279 e. The van der Waals surface area contributed by atoms with Gasteiger partial charge in [-0.3, -0.25) is 24.8 Å². The normalized spacial score (nSPS) is 11.1. The molecule has 0 unspecified atom stereocenters. The van der Waals surface area contributed by atoms with Crippen LogP contribution >= 0.6 is 34.3 Å². The van der Waals surface area contributed by atoms with Crippen molar-refractivity contribution < 1.29 is 14.7 Å². The number of fused-ring (bicyclic) bond motifs is 3. The summed E-state index contributed by atoms with van der Waals surface area (Å²) in [6.45, 7) is 0. The number of hydrazine groups is 1. The van der Waals surface area contributed by atoms with Crippen molar-refractivity contribution in [1.29, 1.82) is 0 Å². The summed E-state index contributed by atoms with van der Waals surface area (Å²) < 4.78 is 1.90. The third kappa shape index (κ3) is 2.82. The van der Waals surface area contributed by atoms with Gasteiger partial charge < -0.3 is 5.11 Å². The molecule has 3 N–H and O–H groups in total. The first-order valence-electron chi connectivity index (χ1n) is 6.97. The van der Waals surface area contributed by atoms with E-state index in [0.717, 1.165) is 15.3 Å². The average molecular weight is 393 g/mol. The average Bonchev–Trinajstić information content (AvgIpc) is 3.26. The van der Waals surface area contributed by atoms with Gasteiger partial charge in [0.1, 0.15) is 10.6 Å². The van der Waals surface area contributed by atoms with Crippen LogP contribution in [0.3, 0.4) is 0 Å². The highest BCUT2D eigenvalue weighted by molar-refractivity contribution is 7.21. The van der Waals surface area contributed by atoms with Gasteiger partial charge in [0.25, 0.3) is 11.8 Å². The molecule has 0 aliphatic rings. The zero-order valence-electron chi connectivity index (χ0n) is 12.3. The van der Waals surface area contributed by atoms with Crippen LogP contribution in [0, 0.1) is 0 Å². The molecule has 7 nitrogen and oxygen atoms in total. The summed E-state index contributed by atoms with van der Waals surface area (Å²) in [5, 5.41) is 11.9. The van der Waals surface area contributed by atoms with Crippen LogP contribution in [0.5, 0.6) is 5.75 Å². The first kappa shape index (κ1) is 15.9. The van der Waals surface area contributed by atoms with E-state index in [4.69, 9.17) is 11.6 Å². The van der Waals surface area contributed by atoms with Gasteiger partial charge in [-0.1, -0.05) is 11.6 Å². The van der Waals surface area contributed by atoms with Gasteiger partial charge in [-0.2, -0.15) is 0 Å². The van der Waals surface area contributed by atoms with Gasteiger partial charge in [0.15, 0.2) is 4.96 Å². The van der Waals surface area contributed by atoms with Crippen molar-refractivity contribution in [3.8, 4) is 5.75 Å². The van der Waals surface area contributed by atoms with E-state index in [-0.39, 0.29) is 11.3 Å². The Bertz CT molecular complexity index is 1130. The molecule has 126 valence electrons. The molecule has 10 heteroatoms. The second kappa shape index (κ2) is 6.03. The number of benzene rings is 1. The fourth-order valence-corrected chi connectivity index (χ4v) is 4.16.